The van der Waals surface area contributed by atoms with E-state index in [0.717, 1.165) is 4.68 Å². The van der Waals surface area contributed by atoms with Gasteiger partial charge in [-0.05, 0) is 36.4 Å². The van der Waals surface area contributed by atoms with E-state index in [4.69, 9.17) is 0 Å². The fourth-order valence-corrected chi connectivity index (χ4v) is 2.37. The van der Waals surface area contributed by atoms with Crippen LogP contribution in [-0.2, 0) is 13.6 Å². The number of aromatic nitrogens is 4. The summed E-state index contributed by atoms with van der Waals surface area (Å²) in [7, 11) is 1.45. The van der Waals surface area contributed by atoms with Crippen LogP contribution in [0, 0.1) is 5.82 Å². The molecule has 0 unspecified atom stereocenters. The molecule has 3 rings (SSSR count). The maximum atomic E-state index is 13.0. The first-order valence-electron chi connectivity index (χ1n) is 8.11. The molecule has 1 amide bonds. The molecular weight excluding hydrogens is 353 g/mol. The molecule has 2 heterocycles. The fourth-order valence-electron chi connectivity index (χ4n) is 2.37. The largest absolute Gasteiger partial charge is 0.349 e. The molecule has 0 aliphatic carbocycles. The number of carbonyl (C=O) groups is 1. The van der Waals surface area contributed by atoms with Gasteiger partial charge in [-0.15, -0.1) is 0 Å². The van der Waals surface area contributed by atoms with Gasteiger partial charge in [0.2, 0.25) is 0 Å². The van der Waals surface area contributed by atoms with Crippen LogP contribution >= 0.6 is 0 Å². The molecule has 0 spiro atoms. The Morgan fingerprint density at radius 1 is 1.00 bits per heavy atom. The Morgan fingerprint density at radius 2 is 1.70 bits per heavy atom. The number of amides is 1. The zero-order chi connectivity index (χ0) is 19.4. The number of nitrogens with one attached hydrogen (secondary N) is 1. The molecule has 0 atom stereocenters. The number of halogens is 1. The van der Waals surface area contributed by atoms with E-state index in [1.54, 1.807) is 18.2 Å². The highest BCUT2D eigenvalue weighted by Gasteiger charge is 2.09. The first-order chi connectivity index (χ1) is 12.9. The van der Waals surface area contributed by atoms with Crippen LogP contribution in [0.2, 0.25) is 0 Å². The van der Waals surface area contributed by atoms with Gasteiger partial charge in [0.25, 0.3) is 17.0 Å². The van der Waals surface area contributed by atoms with E-state index in [0.29, 0.717) is 11.3 Å². The molecular formula is C18H16FN5O3. The normalized spacial score (nSPS) is 10.6. The highest BCUT2D eigenvalue weighted by molar-refractivity contribution is 5.91. The quantitative estimate of drug-likeness (QED) is 0.709. The van der Waals surface area contributed by atoms with Crippen LogP contribution in [0.5, 0.6) is 0 Å². The Bertz CT molecular complexity index is 1090. The van der Waals surface area contributed by atoms with Crippen molar-refractivity contribution in [2.45, 2.75) is 6.54 Å². The van der Waals surface area contributed by atoms with Gasteiger partial charge >= 0.3 is 0 Å². The number of aryl methyl sites for hydroxylation is 1. The van der Waals surface area contributed by atoms with Crippen LogP contribution in [0.25, 0.3) is 11.3 Å². The van der Waals surface area contributed by atoms with E-state index < -0.39 is 5.91 Å². The average molecular weight is 369 g/mol. The van der Waals surface area contributed by atoms with Gasteiger partial charge in [-0.2, -0.15) is 10.2 Å². The SMILES string of the molecule is Cn1nc(C(=O)NCCn2nc(-c3ccc(F)cc3)ccc2=O)ccc1=O. The molecule has 1 aromatic carbocycles. The Kier molecular flexibility index (Phi) is 5.20. The molecule has 8 nitrogen and oxygen atoms in total. The topological polar surface area (TPSA) is 98.9 Å². The zero-order valence-corrected chi connectivity index (χ0v) is 14.4. The first-order valence-corrected chi connectivity index (χ1v) is 8.11. The molecule has 0 fully saturated rings. The molecule has 0 bridgehead atoms. The molecule has 1 N–H and O–H groups in total. The third-order valence-corrected chi connectivity index (χ3v) is 3.81. The standard InChI is InChI=1S/C18H16FN5O3/c1-23-16(25)8-7-15(21-23)18(27)20-10-11-24-17(26)9-6-14(22-24)12-2-4-13(19)5-3-12/h2-9H,10-11H2,1H3,(H,20,27). The van der Waals surface area contributed by atoms with E-state index >= 15 is 0 Å². The number of benzene rings is 1. The summed E-state index contributed by atoms with van der Waals surface area (Å²) in [4.78, 5) is 35.3. The van der Waals surface area contributed by atoms with Crippen molar-refractivity contribution in [3.05, 3.63) is 80.7 Å². The maximum absolute atomic E-state index is 13.0. The lowest BCUT2D eigenvalue weighted by Gasteiger charge is -2.08. The van der Waals surface area contributed by atoms with Crippen molar-refractivity contribution in [2.24, 2.45) is 7.05 Å². The highest BCUT2D eigenvalue weighted by Crippen LogP contribution is 2.15. The van der Waals surface area contributed by atoms with E-state index in [-0.39, 0.29) is 35.7 Å². The summed E-state index contributed by atoms with van der Waals surface area (Å²) in [6.45, 7) is 0.286. The second-order valence-electron chi connectivity index (χ2n) is 5.72. The summed E-state index contributed by atoms with van der Waals surface area (Å²) in [5.41, 5.74) is 0.636. The van der Waals surface area contributed by atoms with Crippen molar-refractivity contribution in [2.75, 3.05) is 6.54 Å². The molecule has 0 saturated carbocycles. The summed E-state index contributed by atoms with van der Waals surface area (Å²) in [5.74, 6) is -0.824. The van der Waals surface area contributed by atoms with Crippen LogP contribution in [0.3, 0.4) is 0 Å². The average Bonchev–Trinajstić information content (AvgIpc) is 2.66. The van der Waals surface area contributed by atoms with Crippen LogP contribution in [0.15, 0.2) is 58.1 Å². The summed E-state index contributed by atoms with van der Waals surface area (Å²) < 4.78 is 15.3. The molecule has 0 aliphatic rings. The van der Waals surface area contributed by atoms with E-state index in [1.807, 2.05) is 0 Å². The predicted octanol–water partition coefficient (Wildman–Crippen LogP) is 0.573. The van der Waals surface area contributed by atoms with E-state index in [1.165, 1.54) is 42.1 Å². The van der Waals surface area contributed by atoms with E-state index in [2.05, 4.69) is 15.5 Å². The summed E-state index contributed by atoms with van der Waals surface area (Å²) in [6, 6.07) is 11.3. The smallest absolute Gasteiger partial charge is 0.271 e. The molecule has 27 heavy (non-hydrogen) atoms. The second-order valence-corrected chi connectivity index (χ2v) is 5.72. The minimum absolute atomic E-state index is 0.0949. The van der Waals surface area contributed by atoms with Gasteiger partial charge in [-0.1, -0.05) is 0 Å². The van der Waals surface area contributed by atoms with Crippen LogP contribution in [-0.4, -0.2) is 32.0 Å². The van der Waals surface area contributed by atoms with Gasteiger partial charge in [-0.25, -0.2) is 13.8 Å². The van der Waals surface area contributed by atoms with Gasteiger partial charge in [0.15, 0.2) is 0 Å². The molecule has 2 aromatic heterocycles. The van der Waals surface area contributed by atoms with Gasteiger partial charge < -0.3 is 5.32 Å². The van der Waals surface area contributed by atoms with Crippen molar-refractivity contribution in [1.29, 1.82) is 0 Å². The monoisotopic (exact) mass is 369 g/mol. The van der Waals surface area contributed by atoms with Crippen molar-refractivity contribution >= 4 is 5.91 Å². The summed E-state index contributed by atoms with van der Waals surface area (Å²) >= 11 is 0. The number of hydrogen-bond acceptors (Lipinski definition) is 5. The van der Waals surface area contributed by atoms with Crippen molar-refractivity contribution in [3.63, 3.8) is 0 Å². The Balaban J connectivity index is 1.68. The van der Waals surface area contributed by atoms with Crippen LogP contribution in [0.4, 0.5) is 4.39 Å². The lowest BCUT2D eigenvalue weighted by Crippen LogP contribution is -2.33. The first kappa shape index (κ1) is 18.2. The van der Waals surface area contributed by atoms with Crippen molar-refractivity contribution in [3.8, 4) is 11.3 Å². The summed E-state index contributed by atoms with van der Waals surface area (Å²) in [6.07, 6.45) is 0. The molecule has 0 radical (unpaired) electrons. The van der Waals surface area contributed by atoms with Crippen LogP contribution in [0.1, 0.15) is 10.5 Å². The minimum atomic E-state index is -0.465. The third kappa shape index (κ3) is 4.32. The fraction of sp³-hybridized carbons (Fsp3) is 0.167. The number of rotatable bonds is 5. The Hall–Kier alpha value is -3.62. The second kappa shape index (κ2) is 7.73. The van der Waals surface area contributed by atoms with Gasteiger partial charge in [0, 0.05) is 31.3 Å². The summed E-state index contributed by atoms with van der Waals surface area (Å²) in [5, 5.41) is 10.7. The van der Waals surface area contributed by atoms with E-state index in [9.17, 15) is 18.8 Å². The van der Waals surface area contributed by atoms with Crippen molar-refractivity contribution in [1.82, 2.24) is 24.9 Å². The highest BCUT2D eigenvalue weighted by atomic mass is 19.1. The van der Waals surface area contributed by atoms with Crippen LogP contribution < -0.4 is 16.4 Å². The molecule has 0 saturated heterocycles. The lowest BCUT2D eigenvalue weighted by atomic mass is 10.1. The maximum Gasteiger partial charge on any atom is 0.271 e. The predicted molar refractivity (Wildman–Crippen MR) is 95.7 cm³/mol. The lowest BCUT2D eigenvalue weighted by molar-refractivity contribution is 0.0944. The minimum Gasteiger partial charge on any atom is -0.349 e. The van der Waals surface area contributed by atoms with Crippen molar-refractivity contribution < 1.29 is 9.18 Å². The molecule has 0 aliphatic heterocycles. The molecule has 3 aromatic rings. The molecule has 9 heteroatoms. The Morgan fingerprint density at radius 3 is 2.41 bits per heavy atom. The Labute approximate surface area is 152 Å². The van der Waals surface area contributed by atoms with Gasteiger partial charge in [-0.3, -0.25) is 14.4 Å². The number of carbonyl (C=O) groups excluding carboxylic acids is 1. The number of hydrogen-bond donors (Lipinski definition) is 1. The molecule has 138 valence electrons. The third-order valence-electron chi connectivity index (χ3n) is 3.81. The number of nitrogens with zero attached hydrogens (tertiary/aromatic N) is 4. The van der Waals surface area contributed by atoms with Gasteiger partial charge in [0.1, 0.15) is 11.5 Å². The zero-order valence-electron chi connectivity index (χ0n) is 14.4. The van der Waals surface area contributed by atoms with Gasteiger partial charge in [0.05, 0.1) is 12.2 Å².